The fraction of sp³-hybridized carbons (Fsp3) is 0.357. The Morgan fingerprint density at radius 3 is 2.45 bits per heavy atom. The van der Waals surface area contributed by atoms with E-state index in [4.69, 9.17) is 25.5 Å². The van der Waals surface area contributed by atoms with Crippen molar-refractivity contribution in [2.75, 3.05) is 13.4 Å². The number of sulfone groups is 1. The SMILES string of the molecule is COC(=O)c1sc(-n2cnc3ccc(S(C)(=O)=O)cc32)cc1O[C@H](C)c1cccc(O[Si](C)(C)C(C)(C)C)c1Cl. The molecule has 0 aliphatic carbocycles. The second kappa shape index (κ2) is 10.8. The fourth-order valence-electron chi connectivity index (χ4n) is 3.80. The van der Waals surface area contributed by atoms with E-state index in [2.05, 4.69) is 38.8 Å². The highest BCUT2D eigenvalue weighted by Gasteiger charge is 2.39. The maximum absolute atomic E-state index is 12.7. The smallest absolute Gasteiger partial charge is 0.351 e. The molecule has 0 amide bonds. The first-order chi connectivity index (χ1) is 18.5. The van der Waals surface area contributed by atoms with Gasteiger partial charge in [-0.1, -0.05) is 44.5 Å². The van der Waals surface area contributed by atoms with Gasteiger partial charge in [-0.15, -0.1) is 11.3 Å². The van der Waals surface area contributed by atoms with Gasteiger partial charge in [-0.05, 0) is 49.3 Å². The van der Waals surface area contributed by atoms with Crippen molar-refractivity contribution < 1.29 is 27.1 Å². The van der Waals surface area contributed by atoms with Crippen molar-refractivity contribution in [2.45, 2.75) is 56.8 Å². The standard InChI is InChI=1S/C28H33ClN2O6S2Si/c1-17(19-10-9-11-22(25(19)29)37-40(7,8)28(2,3)4)36-23-15-24(38-26(23)27(32)35-5)31-16-30-20-13-12-18(14-21(20)31)39(6,33)34/h9-17H,1-8H3/t17-/m1/s1. The Morgan fingerprint density at radius 1 is 1.12 bits per heavy atom. The van der Waals surface area contributed by atoms with E-state index in [0.717, 1.165) is 17.6 Å². The Labute approximate surface area is 244 Å². The van der Waals surface area contributed by atoms with Crippen LogP contribution < -0.4 is 9.16 Å². The van der Waals surface area contributed by atoms with Crippen molar-refractivity contribution in [1.29, 1.82) is 0 Å². The summed E-state index contributed by atoms with van der Waals surface area (Å²) in [5.41, 5.74) is 1.91. The molecule has 0 aliphatic rings. The molecule has 0 fully saturated rings. The number of methoxy groups -OCH3 is 1. The normalized spacial score (nSPS) is 13.3. The van der Waals surface area contributed by atoms with Gasteiger partial charge in [0.05, 0.1) is 28.1 Å². The predicted molar refractivity (Wildman–Crippen MR) is 162 cm³/mol. The number of hydrogen-bond donors (Lipinski definition) is 0. The van der Waals surface area contributed by atoms with Crippen LogP contribution in [0, 0.1) is 0 Å². The van der Waals surface area contributed by atoms with Crippen LogP contribution >= 0.6 is 22.9 Å². The highest BCUT2D eigenvalue weighted by molar-refractivity contribution is 7.90. The Hall–Kier alpha value is -2.86. The van der Waals surface area contributed by atoms with Crippen LogP contribution in [0.3, 0.4) is 0 Å². The molecule has 0 radical (unpaired) electrons. The molecule has 0 aliphatic heterocycles. The summed E-state index contributed by atoms with van der Waals surface area (Å²) >= 11 is 7.98. The Kier molecular flexibility index (Phi) is 8.16. The van der Waals surface area contributed by atoms with Crippen LogP contribution in [-0.4, -0.2) is 45.6 Å². The van der Waals surface area contributed by atoms with Gasteiger partial charge in [0.25, 0.3) is 8.32 Å². The number of rotatable bonds is 8. The van der Waals surface area contributed by atoms with Crippen LogP contribution in [0.1, 0.15) is 49.0 Å². The van der Waals surface area contributed by atoms with Gasteiger partial charge in [0.15, 0.2) is 14.7 Å². The summed E-state index contributed by atoms with van der Waals surface area (Å²) < 4.78 is 43.8. The lowest BCUT2D eigenvalue weighted by molar-refractivity contribution is 0.0600. The number of benzene rings is 2. The molecule has 0 spiro atoms. The lowest BCUT2D eigenvalue weighted by atomic mass is 10.1. The average Bonchev–Trinajstić information content (AvgIpc) is 3.47. The molecule has 0 saturated carbocycles. The van der Waals surface area contributed by atoms with E-state index in [1.165, 1.54) is 13.2 Å². The minimum atomic E-state index is -3.42. The fourth-order valence-corrected chi connectivity index (χ4v) is 6.84. The lowest BCUT2D eigenvalue weighted by Crippen LogP contribution is -2.44. The molecule has 2 aromatic carbocycles. The molecule has 0 N–H and O–H groups in total. The van der Waals surface area contributed by atoms with Crippen LogP contribution in [-0.2, 0) is 14.6 Å². The topological polar surface area (TPSA) is 96.7 Å². The van der Waals surface area contributed by atoms with Crippen molar-refractivity contribution in [3.05, 3.63) is 64.3 Å². The van der Waals surface area contributed by atoms with Gasteiger partial charge in [-0.3, -0.25) is 4.57 Å². The van der Waals surface area contributed by atoms with Crippen molar-refractivity contribution in [1.82, 2.24) is 9.55 Å². The minimum Gasteiger partial charge on any atom is -0.542 e. The number of thiophene rings is 1. The number of nitrogens with zero attached hydrogens (tertiary/aromatic N) is 2. The Bertz CT molecular complexity index is 1690. The summed E-state index contributed by atoms with van der Waals surface area (Å²) in [5, 5.41) is 1.07. The molecule has 2 heterocycles. The lowest BCUT2D eigenvalue weighted by Gasteiger charge is -2.37. The summed E-state index contributed by atoms with van der Waals surface area (Å²) in [7, 11) is -4.25. The molecule has 0 bridgehead atoms. The number of carbonyl (C=O) groups excluding carboxylic acids is 1. The van der Waals surface area contributed by atoms with Crippen LogP contribution in [0.4, 0.5) is 0 Å². The maximum Gasteiger partial charge on any atom is 0.351 e. The van der Waals surface area contributed by atoms with Gasteiger partial charge in [0, 0.05) is 17.9 Å². The van der Waals surface area contributed by atoms with E-state index in [9.17, 15) is 13.2 Å². The molecule has 40 heavy (non-hydrogen) atoms. The zero-order valence-electron chi connectivity index (χ0n) is 23.7. The molecule has 1 atom stereocenters. The van der Waals surface area contributed by atoms with E-state index < -0.39 is 30.2 Å². The van der Waals surface area contributed by atoms with Gasteiger partial charge in [0.2, 0.25) is 0 Å². The monoisotopic (exact) mass is 620 g/mol. The van der Waals surface area contributed by atoms with Crippen molar-refractivity contribution in [2.24, 2.45) is 0 Å². The Morgan fingerprint density at radius 2 is 1.82 bits per heavy atom. The molecule has 4 rings (SSSR count). The number of aromatic nitrogens is 2. The zero-order chi connectivity index (χ0) is 29.6. The average molecular weight is 621 g/mol. The number of carbonyl (C=O) groups is 1. The summed E-state index contributed by atoms with van der Waals surface area (Å²) in [4.78, 5) is 17.5. The third-order valence-electron chi connectivity index (χ3n) is 7.15. The number of esters is 1. The van der Waals surface area contributed by atoms with Gasteiger partial charge in [-0.25, -0.2) is 18.2 Å². The number of ether oxygens (including phenoxy) is 2. The molecular formula is C28H33ClN2O6S2Si. The van der Waals surface area contributed by atoms with Crippen LogP contribution in [0.15, 0.2) is 53.7 Å². The third kappa shape index (κ3) is 5.92. The summed E-state index contributed by atoms with van der Waals surface area (Å²) in [6.07, 6.45) is 2.20. The molecule has 0 unspecified atom stereocenters. The maximum atomic E-state index is 12.7. The Balaban J connectivity index is 1.72. The largest absolute Gasteiger partial charge is 0.542 e. The van der Waals surface area contributed by atoms with E-state index in [0.29, 0.717) is 38.1 Å². The first kappa shape index (κ1) is 30.1. The predicted octanol–water partition coefficient (Wildman–Crippen LogP) is 7.45. The highest BCUT2D eigenvalue weighted by Crippen LogP contribution is 2.42. The number of halogens is 1. The number of imidazole rings is 1. The molecule has 12 heteroatoms. The van der Waals surface area contributed by atoms with Crippen molar-refractivity contribution >= 4 is 58.1 Å². The second-order valence-corrected chi connectivity index (χ2v) is 19.2. The molecule has 8 nitrogen and oxygen atoms in total. The summed E-state index contributed by atoms with van der Waals surface area (Å²) in [6.45, 7) is 12.7. The van der Waals surface area contributed by atoms with Gasteiger partial charge in [0.1, 0.15) is 28.9 Å². The van der Waals surface area contributed by atoms with Crippen LogP contribution in [0.25, 0.3) is 16.0 Å². The van der Waals surface area contributed by atoms with E-state index in [-0.39, 0.29) is 14.8 Å². The minimum absolute atomic E-state index is 0.00346. The third-order valence-corrected chi connectivity index (χ3v) is 14.1. The van der Waals surface area contributed by atoms with Gasteiger partial charge < -0.3 is 13.9 Å². The molecule has 4 aromatic rings. The highest BCUT2D eigenvalue weighted by atomic mass is 35.5. The number of hydrogen-bond acceptors (Lipinski definition) is 8. The van der Waals surface area contributed by atoms with E-state index >= 15 is 0 Å². The van der Waals surface area contributed by atoms with E-state index in [1.54, 1.807) is 29.1 Å². The zero-order valence-corrected chi connectivity index (χ0v) is 27.1. The first-order valence-electron chi connectivity index (χ1n) is 12.6. The van der Waals surface area contributed by atoms with Crippen LogP contribution in [0.5, 0.6) is 11.5 Å². The van der Waals surface area contributed by atoms with E-state index in [1.807, 2.05) is 25.1 Å². The number of fused-ring (bicyclic) bond motifs is 1. The van der Waals surface area contributed by atoms with Crippen molar-refractivity contribution in [3.8, 4) is 16.5 Å². The molecular weight excluding hydrogens is 588 g/mol. The quantitative estimate of drug-likeness (QED) is 0.149. The first-order valence-corrected chi connectivity index (χ1v) is 18.6. The van der Waals surface area contributed by atoms with Crippen LogP contribution in [0.2, 0.25) is 23.2 Å². The summed E-state index contributed by atoms with van der Waals surface area (Å²) in [5.74, 6) is 0.361. The molecule has 2 aromatic heterocycles. The summed E-state index contributed by atoms with van der Waals surface area (Å²) in [6, 6.07) is 12.0. The van der Waals surface area contributed by atoms with Gasteiger partial charge >= 0.3 is 5.97 Å². The van der Waals surface area contributed by atoms with Gasteiger partial charge in [-0.2, -0.15) is 0 Å². The second-order valence-electron chi connectivity index (χ2n) is 11.1. The van der Waals surface area contributed by atoms with Crippen molar-refractivity contribution in [3.63, 3.8) is 0 Å². The molecule has 214 valence electrons. The molecule has 0 saturated heterocycles.